The Hall–Kier alpha value is -2.80. The number of anilines is 1. The van der Waals surface area contributed by atoms with Gasteiger partial charge in [0, 0.05) is 37.9 Å². The van der Waals surface area contributed by atoms with Gasteiger partial charge >= 0.3 is 12.0 Å². The van der Waals surface area contributed by atoms with Crippen LogP contribution in [0.3, 0.4) is 0 Å². The number of carboxylic acids is 1. The van der Waals surface area contributed by atoms with Gasteiger partial charge in [0.05, 0.1) is 0 Å². The average molecular weight is 431 g/mol. The summed E-state index contributed by atoms with van der Waals surface area (Å²) in [7, 11) is 1.73. The summed E-state index contributed by atoms with van der Waals surface area (Å²) in [6.45, 7) is 4.93. The van der Waals surface area contributed by atoms with Crippen molar-refractivity contribution in [2.75, 3.05) is 25.1 Å². The van der Waals surface area contributed by atoms with Crippen LogP contribution in [0.15, 0.2) is 40.8 Å². The Kier molecular flexibility index (Phi) is 10.1. The van der Waals surface area contributed by atoms with Crippen LogP contribution < -0.4 is 10.2 Å². The Balaban J connectivity index is 1.97. The smallest absolute Gasteiger partial charge is 0.333 e. The molecule has 2 rings (SSSR count). The Morgan fingerprint density at radius 2 is 1.90 bits per heavy atom. The summed E-state index contributed by atoms with van der Waals surface area (Å²) < 4.78 is 11.1. The number of aliphatic carboxylic acids is 1. The van der Waals surface area contributed by atoms with Crippen molar-refractivity contribution in [3.05, 3.63) is 42.2 Å². The molecule has 170 valence electrons. The predicted octanol–water partition coefficient (Wildman–Crippen LogP) is 5.10. The fourth-order valence-corrected chi connectivity index (χ4v) is 3.27. The van der Waals surface area contributed by atoms with Crippen molar-refractivity contribution in [3.8, 4) is 11.3 Å². The Morgan fingerprint density at radius 1 is 1.13 bits per heavy atom. The van der Waals surface area contributed by atoms with Gasteiger partial charge in [-0.1, -0.05) is 44.7 Å². The normalized spacial score (nSPS) is 11.8. The predicted molar refractivity (Wildman–Crippen MR) is 121 cm³/mol. The second kappa shape index (κ2) is 12.8. The number of urea groups is 1. The lowest BCUT2D eigenvalue weighted by atomic mass is 10.1. The number of carbonyl (C=O) groups is 2. The fourth-order valence-electron chi connectivity index (χ4n) is 3.27. The van der Waals surface area contributed by atoms with E-state index in [1.807, 2.05) is 24.3 Å². The number of carboxylic acid groups (broad SMARTS) is 1. The Labute approximate surface area is 184 Å². The zero-order valence-corrected chi connectivity index (χ0v) is 18.7. The molecule has 2 aromatic rings. The van der Waals surface area contributed by atoms with Crippen LogP contribution >= 0.6 is 0 Å². The van der Waals surface area contributed by atoms with Gasteiger partial charge in [0.15, 0.2) is 6.10 Å². The van der Waals surface area contributed by atoms with E-state index in [9.17, 15) is 14.7 Å². The molecule has 0 aliphatic carbocycles. The summed E-state index contributed by atoms with van der Waals surface area (Å²) in [4.78, 5) is 25.3. The van der Waals surface area contributed by atoms with E-state index in [1.54, 1.807) is 31.0 Å². The standard InChI is InChI=1S/C24H34N2O5/c1-4-6-7-8-9-15-25-24(29)26(3)19-12-10-11-18(16-19)21-14-13-20(31-21)17-22(23(27)28)30-5-2/h10-14,16,22H,4-9,15,17H2,1-3H3,(H,25,29)(H,27,28)/t22-/m0/s1. The van der Waals surface area contributed by atoms with E-state index >= 15 is 0 Å². The number of amides is 2. The van der Waals surface area contributed by atoms with Crippen LogP contribution in [0.4, 0.5) is 10.5 Å². The zero-order valence-electron chi connectivity index (χ0n) is 18.7. The molecule has 1 aromatic carbocycles. The molecule has 2 amide bonds. The van der Waals surface area contributed by atoms with E-state index < -0.39 is 12.1 Å². The molecule has 0 fully saturated rings. The summed E-state index contributed by atoms with van der Waals surface area (Å²) in [6, 6.07) is 10.9. The van der Waals surface area contributed by atoms with E-state index in [0.717, 1.165) is 24.1 Å². The van der Waals surface area contributed by atoms with Gasteiger partial charge in [0.25, 0.3) is 0 Å². The van der Waals surface area contributed by atoms with E-state index in [4.69, 9.17) is 9.15 Å². The number of rotatable bonds is 13. The summed E-state index contributed by atoms with van der Waals surface area (Å²) >= 11 is 0. The first-order chi connectivity index (χ1) is 15.0. The van der Waals surface area contributed by atoms with Crippen molar-refractivity contribution in [3.63, 3.8) is 0 Å². The van der Waals surface area contributed by atoms with Crippen LogP contribution in [0, 0.1) is 0 Å². The third-order valence-corrected chi connectivity index (χ3v) is 5.07. The number of hydrogen-bond acceptors (Lipinski definition) is 4. The quantitative estimate of drug-likeness (QED) is 0.432. The first kappa shape index (κ1) is 24.5. The van der Waals surface area contributed by atoms with Gasteiger partial charge in [-0.2, -0.15) is 0 Å². The number of furan rings is 1. The van der Waals surface area contributed by atoms with Crippen molar-refractivity contribution < 1.29 is 23.8 Å². The minimum absolute atomic E-state index is 0.145. The fraction of sp³-hybridized carbons (Fsp3) is 0.500. The molecule has 0 unspecified atom stereocenters. The molecule has 0 radical (unpaired) electrons. The molecule has 0 saturated heterocycles. The maximum Gasteiger partial charge on any atom is 0.333 e. The number of nitrogens with zero attached hydrogens (tertiary/aromatic N) is 1. The number of carbonyl (C=O) groups excluding carboxylic acids is 1. The number of hydrogen-bond donors (Lipinski definition) is 2. The molecule has 7 nitrogen and oxygen atoms in total. The summed E-state index contributed by atoms with van der Waals surface area (Å²) in [5.74, 6) is 0.137. The van der Waals surface area contributed by atoms with Crippen LogP contribution in [0.25, 0.3) is 11.3 Å². The number of ether oxygens (including phenoxy) is 1. The molecule has 1 heterocycles. The molecule has 31 heavy (non-hydrogen) atoms. The summed E-state index contributed by atoms with van der Waals surface area (Å²) in [6.07, 6.45) is 4.96. The molecule has 1 aromatic heterocycles. The van der Waals surface area contributed by atoms with E-state index in [-0.39, 0.29) is 12.5 Å². The second-order valence-electron chi connectivity index (χ2n) is 7.51. The van der Waals surface area contributed by atoms with Gasteiger partial charge in [-0.3, -0.25) is 4.90 Å². The molecule has 0 spiro atoms. The largest absolute Gasteiger partial charge is 0.479 e. The van der Waals surface area contributed by atoms with Gasteiger partial charge in [0.1, 0.15) is 11.5 Å². The topological polar surface area (TPSA) is 92.0 Å². The monoisotopic (exact) mass is 430 g/mol. The third kappa shape index (κ3) is 7.75. The van der Waals surface area contributed by atoms with Crippen LogP contribution in [0.2, 0.25) is 0 Å². The van der Waals surface area contributed by atoms with E-state index in [2.05, 4.69) is 12.2 Å². The van der Waals surface area contributed by atoms with Crippen LogP contribution in [-0.4, -0.2) is 43.4 Å². The lowest BCUT2D eigenvalue weighted by molar-refractivity contribution is -0.150. The minimum Gasteiger partial charge on any atom is -0.479 e. The van der Waals surface area contributed by atoms with Crippen LogP contribution in [0.1, 0.15) is 51.7 Å². The molecule has 0 aliphatic rings. The highest BCUT2D eigenvalue weighted by Gasteiger charge is 2.20. The minimum atomic E-state index is -1.01. The molecule has 2 N–H and O–H groups in total. The van der Waals surface area contributed by atoms with Crippen molar-refractivity contribution in [1.82, 2.24) is 5.32 Å². The molecule has 1 atom stereocenters. The molecule has 0 bridgehead atoms. The maximum absolute atomic E-state index is 12.5. The lowest BCUT2D eigenvalue weighted by Gasteiger charge is -2.18. The summed E-state index contributed by atoms with van der Waals surface area (Å²) in [5.41, 5.74) is 1.56. The Morgan fingerprint density at radius 3 is 2.61 bits per heavy atom. The van der Waals surface area contributed by atoms with E-state index in [0.29, 0.717) is 24.7 Å². The number of unbranched alkanes of at least 4 members (excludes halogenated alkanes) is 4. The van der Waals surface area contributed by atoms with Crippen molar-refractivity contribution in [2.24, 2.45) is 0 Å². The molecular weight excluding hydrogens is 396 g/mol. The zero-order chi connectivity index (χ0) is 22.6. The highest BCUT2D eigenvalue weighted by molar-refractivity contribution is 5.92. The molecule has 7 heteroatoms. The van der Waals surface area contributed by atoms with Crippen LogP contribution in [0.5, 0.6) is 0 Å². The van der Waals surface area contributed by atoms with Gasteiger partial charge in [-0.25, -0.2) is 9.59 Å². The average Bonchev–Trinajstić information content (AvgIpc) is 3.24. The van der Waals surface area contributed by atoms with Crippen molar-refractivity contribution in [1.29, 1.82) is 0 Å². The summed E-state index contributed by atoms with van der Waals surface area (Å²) in [5, 5.41) is 12.2. The van der Waals surface area contributed by atoms with E-state index in [1.165, 1.54) is 19.3 Å². The van der Waals surface area contributed by atoms with Gasteiger partial charge in [-0.15, -0.1) is 0 Å². The number of nitrogens with one attached hydrogen (secondary N) is 1. The molecule has 0 saturated carbocycles. The number of benzene rings is 1. The molecule has 0 aliphatic heterocycles. The van der Waals surface area contributed by atoms with Crippen molar-refractivity contribution in [2.45, 2.75) is 58.5 Å². The Bertz CT molecular complexity index is 833. The first-order valence-corrected chi connectivity index (χ1v) is 11.0. The van der Waals surface area contributed by atoms with Gasteiger partial charge in [0.2, 0.25) is 0 Å². The van der Waals surface area contributed by atoms with Gasteiger partial charge in [-0.05, 0) is 37.6 Å². The van der Waals surface area contributed by atoms with Gasteiger partial charge < -0.3 is 19.6 Å². The SMILES string of the molecule is CCCCCCCNC(=O)N(C)c1cccc(-c2ccc(C[C@H](OCC)C(=O)O)o2)c1. The van der Waals surface area contributed by atoms with Crippen LogP contribution in [-0.2, 0) is 16.0 Å². The van der Waals surface area contributed by atoms with Crippen molar-refractivity contribution >= 4 is 17.7 Å². The molecular formula is C24H34N2O5. The highest BCUT2D eigenvalue weighted by atomic mass is 16.5. The maximum atomic E-state index is 12.5. The third-order valence-electron chi connectivity index (χ3n) is 5.07. The lowest BCUT2D eigenvalue weighted by Crippen LogP contribution is -2.37. The second-order valence-corrected chi connectivity index (χ2v) is 7.51. The first-order valence-electron chi connectivity index (χ1n) is 11.0. The highest BCUT2D eigenvalue weighted by Crippen LogP contribution is 2.27.